The monoisotopic (exact) mass is 468 g/mol. The van der Waals surface area contributed by atoms with E-state index in [9.17, 15) is 14.7 Å². The number of hydrogen-bond donors (Lipinski definition) is 1. The largest absolute Gasteiger partial charge is 0.453 e. The van der Waals surface area contributed by atoms with Crippen LogP contribution < -0.4 is 0 Å². The van der Waals surface area contributed by atoms with Crippen LogP contribution in [0.25, 0.3) is 0 Å². The van der Waals surface area contributed by atoms with Gasteiger partial charge in [-0.15, -0.1) is 0 Å². The van der Waals surface area contributed by atoms with Crippen molar-refractivity contribution in [2.24, 2.45) is 44.3 Å². The summed E-state index contributed by atoms with van der Waals surface area (Å²) in [6.45, 7) is 16.0. The highest BCUT2D eigenvalue weighted by Gasteiger charge is 2.76. The summed E-state index contributed by atoms with van der Waals surface area (Å²) in [6.07, 6.45) is 10.1. The molecule has 5 fully saturated rings. The summed E-state index contributed by atoms with van der Waals surface area (Å²) >= 11 is 0. The summed E-state index contributed by atoms with van der Waals surface area (Å²) in [6, 6.07) is 0. The number of aliphatic hydroxyl groups excluding tert-OH is 1. The van der Waals surface area contributed by atoms with Gasteiger partial charge < -0.3 is 9.84 Å². The van der Waals surface area contributed by atoms with E-state index in [4.69, 9.17) is 4.74 Å². The molecule has 1 N–H and O–H groups in total. The van der Waals surface area contributed by atoms with Crippen LogP contribution in [0.15, 0.2) is 11.6 Å². The highest BCUT2D eigenvalue weighted by atomic mass is 16.6. The van der Waals surface area contributed by atoms with Crippen LogP contribution in [0.2, 0.25) is 0 Å². The van der Waals surface area contributed by atoms with E-state index < -0.39 is 11.0 Å². The summed E-state index contributed by atoms with van der Waals surface area (Å²) in [7, 11) is 0. The molecule has 34 heavy (non-hydrogen) atoms. The van der Waals surface area contributed by atoms with Gasteiger partial charge in [0.25, 0.3) is 0 Å². The van der Waals surface area contributed by atoms with E-state index in [0.29, 0.717) is 5.92 Å². The number of ketones is 1. The predicted octanol–water partition coefficient (Wildman–Crippen LogP) is 6.01. The Bertz CT molecular complexity index is 1030. The Balaban J connectivity index is 1.53. The van der Waals surface area contributed by atoms with Crippen LogP contribution in [0.1, 0.15) is 106 Å². The second-order valence-electron chi connectivity index (χ2n) is 15.1. The Morgan fingerprint density at radius 3 is 2.26 bits per heavy atom. The Morgan fingerprint density at radius 1 is 0.882 bits per heavy atom. The quantitative estimate of drug-likeness (QED) is 0.442. The minimum Gasteiger partial charge on any atom is -0.453 e. The molecule has 4 nitrogen and oxygen atoms in total. The van der Waals surface area contributed by atoms with Crippen LogP contribution in [0.4, 0.5) is 0 Å². The molecule has 6 aliphatic rings. The molecule has 1 spiro atoms. The Kier molecular flexibility index (Phi) is 4.25. The second kappa shape index (κ2) is 6.21. The van der Waals surface area contributed by atoms with Gasteiger partial charge in [-0.1, -0.05) is 41.5 Å². The van der Waals surface area contributed by atoms with E-state index >= 15 is 0 Å². The van der Waals surface area contributed by atoms with Gasteiger partial charge in [-0.2, -0.15) is 0 Å². The SMILES string of the molecule is CC1(C)[C@@H](O)CC[C@]2(C)[C@H]3C(=O)C=C4[C@@](C)(CC[C@@]5(C)CC[C@@]6(C)C[C@@]45OC6=O)[C@]3(C)CC[C@@H]12. The predicted molar refractivity (Wildman–Crippen MR) is 131 cm³/mol. The number of fused-ring (bicyclic) bond motifs is 6. The topological polar surface area (TPSA) is 63.6 Å². The Labute approximate surface area is 205 Å². The molecule has 9 atom stereocenters. The molecule has 1 aliphatic heterocycles. The molecule has 0 amide bonds. The smallest absolute Gasteiger partial charge is 0.312 e. The van der Waals surface area contributed by atoms with Crippen molar-refractivity contribution in [3.8, 4) is 0 Å². The third kappa shape index (κ3) is 2.28. The summed E-state index contributed by atoms with van der Waals surface area (Å²) in [5.74, 6) is 0.480. The molecule has 0 aromatic carbocycles. The fourth-order valence-corrected chi connectivity index (χ4v) is 10.9. The summed E-state index contributed by atoms with van der Waals surface area (Å²) < 4.78 is 6.48. The zero-order chi connectivity index (χ0) is 24.7. The third-order valence-corrected chi connectivity index (χ3v) is 13.4. The number of hydrogen-bond acceptors (Lipinski definition) is 4. The lowest BCUT2D eigenvalue weighted by atomic mass is 9.33. The summed E-state index contributed by atoms with van der Waals surface area (Å²) in [4.78, 5) is 27.5. The molecule has 6 rings (SSSR count). The van der Waals surface area contributed by atoms with E-state index in [-0.39, 0.29) is 50.8 Å². The van der Waals surface area contributed by atoms with Gasteiger partial charge in [-0.05, 0) is 97.5 Å². The van der Waals surface area contributed by atoms with Crippen molar-refractivity contribution in [1.29, 1.82) is 0 Å². The molecule has 1 heterocycles. The fourth-order valence-electron chi connectivity index (χ4n) is 10.9. The number of aliphatic hydroxyl groups is 1. The summed E-state index contributed by atoms with van der Waals surface area (Å²) in [5.41, 5.74) is -0.643. The highest BCUT2D eigenvalue weighted by Crippen LogP contribution is 2.77. The van der Waals surface area contributed by atoms with Crippen molar-refractivity contribution in [3.63, 3.8) is 0 Å². The average molecular weight is 469 g/mol. The second-order valence-corrected chi connectivity index (χ2v) is 15.1. The molecule has 188 valence electrons. The molecule has 0 radical (unpaired) electrons. The maximum absolute atomic E-state index is 14.3. The van der Waals surface area contributed by atoms with Crippen molar-refractivity contribution >= 4 is 11.8 Å². The molecule has 2 bridgehead atoms. The molecule has 0 unspecified atom stereocenters. The van der Waals surface area contributed by atoms with Gasteiger partial charge in [0.15, 0.2) is 5.78 Å². The van der Waals surface area contributed by atoms with Crippen LogP contribution in [-0.2, 0) is 14.3 Å². The first-order valence-corrected chi connectivity index (χ1v) is 13.8. The van der Waals surface area contributed by atoms with Crippen molar-refractivity contribution in [3.05, 3.63) is 11.6 Å². The van der Waals surface area contributed by atoms with Crippen LogP contribution in [0.3, 0.4) is 0 Å². The van der Waals surface area contributed by atoms with E-state index in [1.165, 1.54) is 0 Å². The van der Waals surface area contributed by atoms with Crippen LogP contribution in [0.5, 0.6) is 0 Å². The molecule has 4 saturated carbocycles. The normalized spacial score (nSPS) is 57.5. The Hall–Kier alpha value is -1.16. The third-order valence-electron chi connectivity index (χ3n) is 13.4. The number of carbonyl (C=O) groups is 2. The number of esters is 1. The van der Waals surface area contributed by atoms with Gasteiger partial charge >= 0.3 is 5.97 Å². The molecular formula is C30H44O4. The van der Waals surface area contributed by atoms with E-state index in [1.807, 2.05) is 6.08 Å². The van der Waals surface area contributed by atoms with Gasteiger partial charge in [-0.25, -0.2) is 0 Å². The first kappa shape index (κ1) is 23.3. The molecular weight excluding hydrogens is 424 g/mol. The molecule has 5 aliphatic carbocycles. The summed E-state index contributed by atoms with van der Waals surface area (Å²) in [5, 5.41) is 10.9. The van der Waals surface area contributed by atoms with Crippen LogP contribution >= 0.6 is 0 Å². The molecule has 1 saturated heterocycles. The van der Waals surface area contributed by atoms with Crippen molar-refractivity contribution < 1.29 is 19.4 Å². The lowest BCUT2D eigenvalue weighted by Gasteiger charge is -2.71. The zero-order valence-electron chi connectivity index (χ0n) is 22.3. The Morgan fingerprint density at radius 2 is 1.56 bits per heavy atom. The molecule has 0 aromatic heterocycles. The number of carbonyl (C=O) groups excluding carboxylic acids is 2. The first-order valence-electron chi connectivity index (χ1n) is 13.8. The van der Waals surface area contributed by atoms with E-state index in [0.717, 1.165) is 63.4 Å². The minimum absolute atomic E-state index is 0.0490. The minimum atomic E-state index is -0.631. The zero-order valence-corrected chi connectivity index (χ0v) is 22.3. The molecule has 0 aromatic rings. The fraction of sp³-hybridized carbons (Fsp3) is 0.867. The van der Waals surface area contributed by atoms with Gasteiger partial charge in [0.1, 0.15) is 5.60 Å². The van der Waals surface area contributed by atoms with Gasteiger partial charge in [0.2, 0.25) is 0 Å². The lowest BCUT2D eigenvalue weighted by Crippen LogP contribution is -2.69. The highest BCUT2D eigenvalue weighted by molar-refractivity contribution is 5.96. The lowest BCUT2D eigenvalue weighted by molar-refractivity contribution is -0.212. The first-order chi connectivity index (χ1) is 15.6. The average Bonchev–Trinajstić information content (AvgIpc) is 2.97. The van der Waals surface area contributed by atoms with E-state index in [1.54, 1.807) is 0 Å². The van der Waals surface area contributed by atoms with Crippen molar-refractivity contribution in [2.45, 2.75) is 118 Å². The number of ether oxygens (including phenoxy) is 1. The number of allylic oxidation sites excluding steroid dienone is 1. The molecule has 4 heteroatoms. The standard InChI is InChI=1S/C30H44O4/c1-24(2)19-8-11-29(7)22(27(19,5)10-9-21(24)32)18(31)16-20-28(29,6)15-14-26(4)13-12-25(3)17-30(20,26)34-23(25)33/h16,19,21-22,32H,8-15,17H2,1-7H3/t19-,21-,22+,25-,26+,27-,28+,29+,30+/m0/s1. The van der Waals surface area contributed by atoms with Gasteiger partial charge in [0.05, 0.1) is 11.5 Å². The van der Waals surface area contributed by atoms with Crippen LogP contribution in [0, 0.1) is 44.3 Å². The van der Waals surface area contributed by atoms with Crippen LogP contribution in [-0.4, -0.2) is 28.6 Å². The van der Waals surface area contributed by atoms with Gasteiger partial charge in [0, 0.05) is 17.8 Å². The van der Waals surface area contributed by atoms with E-state index in [2.05, 4.69) is 48.5 Å². The van der Waals surface area contributed by atoms with Crippen molar-refractivity contribution in [1.82, 2.24) is 0 Å². The maximum Gasteiger partial charge on any atom is 0.312 e. The van der Waals surface area contributed by atoms with Crippen molar-refractivity contribution in [2.75, 3.05) is 0 Å². The van der Waals surface area contributed by atoms with Gasteiger partial charge in [-0.3, -0.25) is 9.59 Å². The maximum atomic E-state index is 14.3. The number of rotatable bonds is 0.